The standard InChI is InChI=1S/C35H60N7O18P3S/c1-4-5-6-7-8-9-10-11-12-13-23(43)18-26(45)64-17-16-37-25(44)14-15-38-33(48)30(47)35(2,3)20-57-63(54,55)60-62(52,53)56-19-24-29(59-61(49,50)51)28(46)34(58-24)42-22-41-27-31(36)39-21-40-32(27)42/h9-10,21-24,28-30,34,43,46-47H,4-8,11-20H2,1-3H3,(H,37,44)(H,38,48)(H,52,53)(H,54,55)(H2,36,39,40)(H2,49,50,51)/p-4/b10-9-/t23-,24+,28+,29+,30-,34+/m0/s1. The maximum atomic E-state index is 12.6. The van der Waals surface area contributed by atoms with Gasteiger partial charge in [0.1, 0.15) is 36.3 Å². The molecule has 0 spiro atoms. The van der Waals surface area contributed by atoms with Crippen molar-refractivity contribution in [2.45, 2.75) is 122 Å². The Morgan fingerprint density at radius 2 is 1.69 bits per heavy atom. The number of aliphatic hydroxyl groups excluding tert-OH is 3. The summed E-state index contributed by atoms with van der Waals surface area (Å²) in [5.41, 5.74) is 4.05. The van der Waals surface area contributed by atoms with Crippen molar-refractivity contribution in [2.24, 2.45) is 5.41 Å². The van der Waals surface area contributed by atoms with Crippen LogP contribution in [0.3, 0.4) is 0 Å². The van der Waals surface area contributed by atoms with Gasteiger partial charge in [0.2, 0.25) is 11.8 Å². The number of nitrogens with zero attached hydrogens (tertiary/aromatic N) is 4. The molecule has 25 nitrogen and oxygen atoms in total. The maximum absolute atomic E-state index is 12.6. The number of nitrogen functional groups attached to an aromatic ring is 1. The van der Waals surface area contributed by atoms with E-state index in [4.69, 9.17) is 10.5 Å². The third-order valence-corrected chi connectivity index (χ3v) is 13.4. The Morgan fingerprint density at radius 1 is 1.00 bits per heavy atom. The summed E-state index contributed by atoms with van der Waals surface area (Å²) >= 11 is 0.970. The van der Waals surface area contributed by atoms with E-state index < -0.39 is 90.7 Å². The van der Waals surface area contributed by atoms with Crippen LogP contribution in [0.1, 0.15) is 91.2 Å². The van der Waals surface area contributed by atoms with E-state index >= 15 is 0 Å². The van der Waals surface area contributed by atoms with Crippen molar-refractivity contribution >= 4 is 69.1 Å². The average molecular weight is 988 g/mol. The molecule has 0 bridgehead atoms. The number of allylic oxidation sites excluding steroid dienone is 2. The predicted molar refractivity (Wildman–Crippen MR) is 221 cm³/mol. The highest BCUT2D eigenvalue weighted by Crippen LogP contribution is 2.56. The number of nitrogens with one attached hydrogen (secondary N) is 2. The number of fused-ring (bicyclic) bond motifs is 1. The molecule has 0 aromatic carbocycles. The van der Waals surface area contributed by atoms with Crippen molar-refractivity contribution in [1.82, 2.24) is 30.2 Å². The Bertz CT molecular complexity index is 2010. The number of phosphoric ester groups is 3. The maximum Gasteiger partial charge on any atom is 0.274 e. The van der Waals surface area contributed by atoms with E-state index in [9.17, 15) is 63.0 Å². The number of ether oxygens (including phenoxy) is 1. The fourth-order valence-electron chi connectivity index (χ4n) is 6.02. The topological polar surface area (TPSA) is 395 Å². The van der Waals surface area contributed by atoms with Crippen molar-refractivity contribution in [3.63, 3.8) is 0 Å². The summed E-state index contributed by atoms with van der Waals surface area (Å²) in [6.45, 7) is 2.14. The fourth-order valence-corrected chi connectivity index (χ4v) is 9.50. The van der Waals surface area contributed by atoms with Crippen LogP contribution in [0.4, 0.5) is 5.82 Å². The average Bonchev–Trinajstić information content (AvgIpc) is 3.76. The van der Waals surface area contributed by atoms with E-state index in [-0.39, 0.29) is 53.8 Å². The molecule has 364 valence electrons. The van der Waals surface area contributed by atoms with E-state index in [1.165, 1.54) is 33.1 Å². The van der Waals surface area contributed by atoms with E-state index in [0.29, 0.717) is 6.42 Å². The molecule has 1 aliphatic heterocycles. The second-order valence-corrected chi connectivity index (χ2v) is 20.5. The number of hydrogen-bond donors (Lipinski definition) is 6. The summed E-state index contributed by atoms with van der Waals surface area (Å²) in [5, 5.41) is 36.2. The van der Waals surface area contributed by atoms with Crippen molar-refractivity contribution in [3.8, 4) is 0 Å². The van der Waals surface area contributed by atoms with Gasteiger partial charge in [0.25, 0.3) is 15.6 Å². The molecular weight excluding hydrogens is 931 g/mol. The summed E-state index contributed by atoms with van der Waals surface area (Å²) in [6, 6.07) is 0. The van der Waals surface area contributed by atoms with Crippen LogP contribution in [0.25, 0.3) is 11.2 Å². The molecule has 1 fully saturated rings. The first-order valence-electron chi connectivity index (χ1n) is 20.3. The number of nitrogens with two attached hydrogens (primary N) is 1. The zero-order valence-electron chi connectivity index (χ0n) is 35.5. The number of anilines is 1. The number of unbranched alkanes of at least 4 members (excludes halogenated alkanes) is 5. The summed E-state index contributed by atoms with van der Waals surface area (Å²) in [4.78, 5) is 96.6. The molecule has 1 aliphatic rings. The molecule has 2 unspecified atom stereocenters. The first-order valence-corrected chi connectivity index (χ1v) is 25.6. The van der Waals surface area contributed by atoms with Gasteiger partial charge in [-0.3, -0.25) is 28.1 Å². The van der Waals surface area contributed by atoms with Gasteiger partial charge in [0, 0.05) is 37.1 Å². The Labute approximate surface area is 373 Å². The van der Waals surface area contributed by atoms with E-state index in [2.05, 4.69) is 62.5 Å². The van der Waals surface area contributed by atoms with Crippen molar-refractivity contribution < 1.29 is 85.6 Å². The molecular formula is C35H56N7O18P3S-4. The lowest BCUT2D eigenvalue weighted by molar-refractivity contribution is -0.347. The lowest BCUT2D eigenvalue weighted by atomic mass is 9.87. The monoisotopic (exact) mass is 987 g/mol. The molecule has 0 radical (unpaired) electrons. The minimum Gasteiger partial charge on any atom is -0.790 e. The molecule has 3 rings (SSSR count). The number of carbonyl (C=O) groups excluding carboxylic acids is 3. The largest absolute Gasteiger partial charge is 0.790 e. The van der Waals surface area contributed by atoms with Crippen LogP contribution in [0.15, 0.2) is 24.8 Å². The lowest BCUT2D eigenvalue weighted by Gasteiger charge is -2.36. The normalized spacial score (nSPS) is 21.1. The molecule has 2 aromatic rings. The minimum atomic E-state index is -5.93. The minimum absolute atomic E-state index is 0.00821. The van der Waals surface area contributed by atoms with Gasteiger partial charge in [-0.1, -0.05) is 63.9 Å². The van der Waals surface area contributed by atoms with Crippen molar-refractivity contribution in [1.29, 1.82) is 0 Å². The van der Waals surface area contributed by atoms with Gasteiger partial charge in [-0.05, 0) is 32.1 Å². The Hall–Kier alpha value is -2.74. The summed E-state index contributed by atoms with van der Waals surface area (Å²) in [7, 11) is -17.6. The molecule has 7 N–H and O–H groups in total. The molecule has 0 saturated carbocycles. The number of carbonyl (C=O) groups is 3. The summed E-state index contributed by atoms with van der Waals surface area (Å²) in [5.74, 6) is -1.35. The number of aliphatic hydroxyl groups is 3. The number of imidazole rings is 1. The van der Waals surface area contributed by atoms with Crippen LogP contribution in [-0.2, 0) is 50.7 Å². The van der Waals surface area contributed by atoms with Crippen LogP contribution in [0, 0.1) is 5.41 Å². The van der Waals surface area contributed by atoms with Gasteiger partial charge in [-0.2, -0.15) is 0 Å². The Morgan fingerprint density at radius 3 is 2.38 bits per heavy atom. The van der Waals surface area contributed by atoms with Gasteiger partial charge in [0.15, 0.2) is 22.8 Å². The smallest absolute Gasteiger partial charge is 0.274 e. The third-order valence-electron chi connectivity index (χ3n) is 9.44. The molecule has 64 heavy (non-hydrogen) atoms. The van der Waals surface area contributed by atoms with E-state index in [0.717, 1.165) is 54.7 Å². The lowest BCUT2D eigenvalue weighted by Crippen LogP contribution is -2.46. The highest BCUT2D eigenvalue weighted by molar-refractivity contribution is 8.13. The van der Waals surface area contributed by atoms with E-state index in [1.807, 2.05) is 0 Å². The Kier molecular flexibility index (Phi) is 22.6. The van der Waals surface area contributed by atoms with Gasteiger partial charge in [-0.25, -0.2) is 19.3 Å². The van der Waals surface area contributed by atoms with Crippen molar-refractivity contribution in [2.75, 3.05) is 37.8 Å². The third kappa shape index (κ3) is 19.2. The molecule has 2 amide bonds. The number of hydrogen-bond acceptors (Lipinski definition) is 23. The number of rotatable bonds is 30. The zero-order chi connectivity index (χ0) is 47.7. The van der Waals surface area contributed by atoms with Gasteiger partial charge in [0.05, 0.1) is 33.5 Å². The van der Waals surface area contributed by atoms with Gasteiger partial charge in [-0.15, -0.1) is 0 Å². The quantitative estimate of drug-likeness (QED) is 0.0329. The highest BCUT2D eigenvalue weighted by Gasteiger charge is 2.47. The highest BCUT2D eigenvalue weighted by atomic mass is 32.2. The molecule has 0 aliphatic carbocycles. The molecule has 8 atom stereocenters. The van der Waals surface area contributed by atoms with Crippen LogP contribution in [0.2, 0.25) is 0 Å². The molecule has 1 saturated heterocycles. The SMILES string of the molecule is CCCCCC/C=C\CCC[C@H](O)CC(=O)SCCNC(=O)CCNC(=O)[C@H](O)C(C)(C)COP(=O)([O-])OP(=O)([O-])OC[C@H]1O[C@@H](n2cnc3c(N)ncnc32)[C@H](O)[C@@H]1OP(=O)([O-])[O-]. The number of thioether (sulfide) groups is 1. The number of phosphoric acid groups is 3. The van der Waals surface area contributed by atoms with Crippen molar-refractivity contribution in [3.05, 3.63) is 24.8 Å². The second kappa shape index (κ2) is 26.0. The summed E-state index contributed by atoms with van der Waals surface area (Å²) < 4.78 is 60.7. The first kappa shape index (κ1) is 55.6. The number of amides is 2. The second-order valence-electron chi connectivity index (χ2n) is 15.3. The zero-order valence-corrected chi connectivity index (χ0v) is 39.0. The van der Waals surface area contributed by atoms with Crippen LogP contribution in [0.5, 0.6) is 0 Å². The predicted octanol–water partition coefficient (Wildman–Crippen LogP) is -0.415. The van der Waals surface area contributed by atoms with Gasteiger partial charge >= 0.3 is 0 Å². The Balaban J connectivity index is 1.37. The first-order chi connectivity index (χ1) is 29.9. The van der Waals surface area contributed by atoms with Crippen LogP contribution < -0.4 is 35.9 Å². The van der Waals surface area contributed by atoms with E-state index in [1.54, 1.807) is 0 Å². The molecule has 29 heteroatoms. The van der Waals surface area contributed by atoms with Crippen LogP contribution in [-0.4, -0.2) is 114 Å². The van der Waals surface area contributed by atoms with Crippen LogP contribution >= 0.6 is 35.2 Å². The molecule has 2 aromatic heterocycles. The molecule has 3 heterocycles. The fraction of sp³-hybridized carbons (Fsp3) is 0.714. The number of aromatic nitrogens is 4. The summed E-state index contributed by atoms with van der Waals surface area (Å²) in [6.07, 6.45) is 3.76. The van der Waals surface area contributed by atoms with Gasteiger partial charge < -0.3 is 74.1 Å².